The molecule has 0 saturated carbocycles. The molecule has 1 aliphatic rings. The molecule has 27 heavy (non-hydrogen) atoms. The van der Waals surface area contributed by atoms with Gasteiger partial charge in [-0.3, -0.25) is 9.48 Å². The van der Waals surface area contributed by atoms with Gasteiger partial charge in [-0.25, -0.2) is 9.97 Å². The summed E-state index contributed by atoms with van der Waals surface area (Å²) in [6, 6.07) is 2.48. The maximum atomic E-state index is 12.3. The highest BCUT2D eigenvalue weighted by atomic mass is 16.2. The zero-order valence-electron chi connectivity index (χ0n) is 17.1. The van der Waals surface area contributed by atoms with Crippen LogP contribution in [0.5, 0.6) is 0 Å². The molecule has 8 heteroatoms. The molecule has 0 unspecified atom stereocenters. The number of hydrogen-bond acceptors (Lipinski definition) is 6. The largest absolute Gasteiger partial charge is 0.355 e. The summed E-state index contributed by atoms with van der Waals surface area (Å²) in [4.78, 5) is 25.0. The maximum absolute atomic E-state index is 12.3. The van der Waals surface area contributed by atoms with E-state index in [4.69, 9.17) is 0 Å². The minimum absolute atomic E-state index is 0.168. The molecule has 2 aromatic rings. The van der Waals surface area contributed by atoms with Crippen molar-refractivity contribution in [3.63, 3.8) is 0 Å². The van der Waals surface area contributed by atoms with Gasteiger partial charge in [0, 0.05) is 63.8 Å². The Morgan fingerprint density at radius 3 is 2.67 bits per heavy atom. The highest BCUT2D eigenvalue weighted by Gasteiger charge is 2.26. The predicted octanol–water partition coefficient (Wildman–Crippen LogP) is 1.21. The first kappa shape index (κ1) is 19.3. The van der Waals surface area contributed by atoms with Gasteiger partial charge in [-0.15, -0.1) is 0 Å². The van der Waals surface area contributed by atoms with Gasteiger partial charge in [-0.2, -0.15) is 5.10 Å². The Morgan fingerprint density at radius 2 is 2.04 bits per heavy atom. The summed E-state index contributed by atoms with van der Waals surface area (Å²) < 4.78 is 1.90. The molecule has 3 rings (SSSR count). The van der Waals surface area contributed by atoms with Crippen LogP contribution in [0.15, 0.2) is 6.07 Å². The van der Waals surface area contributed by atoms with Crippen molar-refractivity contribution in [1.82, 2.24) is 30.0 Å². The van der Waals surface area contributed by atoms with Crippen molar-refractivity contribution in [2.75, 3.05) is 32.1 Å². The van der Waals surface area contributed by atoms with Crippen LogP contribution in [0.4, 0.5) is 5.82 Å². The first-order valence-electron chi connectivity index (χ1n) is 9.31. The molecule has 1 fully saturated rings. The number of aryl methyl sites for hydroxylation is 3. The fraction of sp³-hybridized carbons (Fsp3) is 0.579. The van der Waals surface area contributed by atoms with Gasteiger partial charge in [0.05, 0.1) is 5.69 Å². The summed E-state index contributed by atoms with van der Waals surface area (Å²) in [5.74, 6) is 0.961. The molecule has 0 spiro atoms. The monoisotopic (exact) mass is 371 g/mol. The molecule has 0 bridgehead atoms. The lowest BCUT2D eigenvalue weighted by Gasteiger charge is -2.22. The third-order valence-corrected chi connectivity index (χ3v) is 5.19. The topological polar surface area (TPSA) is 79.2 Å². The summed E-state index contributed by atoms with van der Waals surface area (Å²) in [5.41, 5.74) is 4.10. The molecule has 1 atom stereocenters. The van der Waals surface area contributed by atoms with E-state index in [1.165, 1.54) is 4.90 Å². The third-order valence-electron chi connectivity index (χ3n) is 5.19. The highest BCUT2D eigenvalue weighted by molar-refractivity contribution is 5.90. The van der Waals surface area contributed by atoms with E-state index in [1.54, 1.807) is 14.1 Å². The Hall–Kier alpha value is -2.48. The first-order chi connectivity index (χ1) is 12.8. The summed E-state index contributed by atoms with van der Waals surface area (Å²) >= 11 is 0. The lowest BCUT2D eigenvalue weighted by atomic mass is 10.2. The Morgan fingerprint density at radius 1 is 1.30 bits per heavy atom. The van der Waals surface area contributed by atoms with Crippen LogP contribution >= 0.6 is 0 Å². The van der Waals surface area contributed by atoms with Crippen LogP contribution in [0, 0.1) is 20.8 Å². The zero-order valence-corrected chi connectivity index (χ0v) is 17.1. The third kappa shape index (κ3) is 4.10. The fourth-order valence-corrected chi connectivity index (χ4v) is 3.31. The number of rotatable bonds is 5. The maximum Gasteiger partial charge on any atom is 0.291 e. The van der Waals surface area contributed by atoms with Crippen LogP contribution in [0.25, 0.3) is 0 Å². The average molecular weight is 371 g/mol. The molecule has 1 N–H and O–H groups in total. The van der Waals surface area contributed by atoms with Gasteiger partial charge in [0.2, 0.25) is 5.82 Å². The molecule has 1 saturated heterocycles. The number of carbonyl (C=O) groups excluding carboxylic acids is 1. The summed E-state index contributed by atoms with van der Waals surface area (Å²) in [5, 5.41) is 8.09. The number of nitrogens with one attached hydrogen (secondary N) is 1. The minimum atomic E-state index is -0.168. The van der Waals surface area contributed by atoms with Gasteiger partial charge in [0.15, 0.2) is 0 Å². The van der Waals surface area contributed by atoms with E-state index in [0.717, 1.165) is 54.5 Å². The van der Waals surface area contributed by atoms with E-state index in [-0.39, 0.29) is 11.7 Å². The molecule has 0 radical (unpaired) electrons. The van der Waals surface area contributed by atoms with Gasteiger partial charge >= 0.3 is 0 Å². The standard InChI is InChI=1S/C19H29N7O/c1-12-9-16(23-25(12)6)10-20-15-7-8-26(11-15)18-13(2)14(3)21-17(22-18)19(27)24(4)5/h9,15,20H,7-8,10-11H2,1-6H3/t15-/m1/s1. The lowest BCUT2D eigenvalue weighted by Crippen LogP contribution is -2.33. The molecule has 0 aliphatic carbocycles. The van der Waals surface area contributed by atoms with Gasteiger partial charge in [0.1, 0.15) is 5.82 Å². The second-order valence-corrected chi connectivity index (χ2v) is 7.49. The van der Waals surface area contributed by atoms with E-state index < -0.39 is 0 Å². The van der Waals surface area contributed by atoms with Crippen LogP contribution in [0.1, 0.15) is 39.7 Å². The number of amides is 1. The van der Waals surface area contributed by atoms with Crippen LogP contribution in [0.2, 0.25) is 0 Å². The second-order valence-electron chi connectivity index (χ2n) is 7.49. The molecule has 1 aliphatic heterocycles. The van der Waals surface area contributed by atoms with E-state index >= 15 is 0 Å². The minimum Gasteiger partial charge on any atom is -0.355 e. The van der Waals surface area contributed by atoms with Crippen molar-refractivity contribution < 1.29 is 4.79 Å². The highest BCUT2D eigenvalue weighted by Crippen LogP contribution is 2.24. The Labute approximate surface area is 160 Å². The smallest absolute Gasteiger partial charge is 0.291 e. The van der Waals surface area contributed by atoms with E-state index in [1.807, 2.05) is 25.6 Å². The summed E-state index contributed by atoms with van der Waals surface area (Å²) in [6.45, 7) is 8.53. The Kier molecular flexibility index (Phi) is 5.46. The Bertz CT molecular complexity index is 823. The number of hydrogen-bond donors (Lipinski definition) is 1. The molecule has 146 valence electrons. The van der Waals surface area contributed by atoms with Crippen molar-refractivity contribution in [2.24, 2.45) is 7.05 Å². The zero-order chi connectivity index (χ0) is 19.7. The molecule has 1 amide bonds. The van der Waals surface area contributed by atoms with E-state index in [9.17, 15) is 4.79 Å². The lowest BCUT2D eigenvalue weighted by molar-refractivity contribution is 0.0815. The molecular weight excluding hydrogens is 342 g/mol. The van der Waals surface area contributed by atoms with Crippen LogP contribution in [-0.4, -0.2) is 63.8 Å². The van der Waals surface area contributed by atoms with Gasteiger partial charge in [0.25, 0.3) is 5.91 Å². The SMILES string of the molecule is Cc1nc(C(=O)N(C)C)nc(N2CC[C@@H](NCc3cc(C)n(C)n3)C2)c1C. The molecule has 3 heterocycles. The van der Waals surface area contributed by atoms with Crippen molar-refractivity contribution in [2.45, 2.75) is 39.8 Å². The van der Waals surface area contributed by atoms with Crippen molar-refractivity contribution >= 4 is 11.7 Å². The number of anilines is 1. The fourth-order valence-electron chi connectivity index (χ4n) is 3.31. The van der Waals surface area contributed by atoms with Gasteiger partial charge in [-0.1, -0.05) is 0 Å². The Balaban J connectivity index is 1.69. The average Bonchev–Trinajstić information content (AvgIpc) is 3.21. The van der Waals surface area contributed by atoms with Crippen LogP contribution in [0.3, 0.4) is 0 Å². The van der Waals surface area contributed by atoms with E-state index in [2.05, 4.69) is 38.3 Å². The molecule has 8 nitrogen and oxygen atoms in total. The number of aromatic nitrogens is 4. The summed E-state index contributed by atoms with van der Waals surface area (Å²) in [7, 11) is 5.40. The summed E-state index contributed by atoms with van der Waals surface area (Å²) in [6.07, 6.45) is 1.03. The van der Waals surface area contributed by atoms with Crippen LogP contribution < -0.4 is 10.2 Å². The normalized spacial score (nSPS) is 16.8. The molecule has 0 aromatic carbocycles. The number of carbonyl (C=O) groups is 1. The quantitative estimate of drug-likeness (QED) is 0.851. The van der Waals surface area contributed by atoms with Crippen molar-refractivity contribution in [3.8, 4) is 0 Å². The number of nitrogens with zero attached hydrogens (tertiary/aromatic N) is 6. The first-order valence-corrected chi connectivity index (χ1v) is 9.31. The van der Waals surface area contributed by atoms with Crippen molar-refractivity contribution in [3.05, 3.63) is 34.5 Å². The van der Waals surface area contributed by atoms with Crippen molar-refractivity contribution in [1.29, 1.82) is 0 Å². The molecule has 2 aromatic heterocycles. The van der Waals surface area contributed by atoms with Gasteiger partial charge < -0.3 is 15.1 Å². The predicted molar refractivity (Wildman–Crippen MR) is 105 cm³/mol. The van der Waals surface area contributed by atoms with E-state index in [0.29, 0.717) is 6.04 Å². The molecular formula is C19H29N7O. The van der Waals surface area contributed by atoms with Crippen LogP contribution in [-0.2, 0) is 13.6 Å². The second kappa shape index (κ2) is 7.64. The van der Waals surface area contributed by atoms with Gasteiger partial charge in [-0.05, 0) is 33.3 Å².